The average Bonchev–Trinajstić information content (AvgIpc) is 2.96. The second kappa shape index (κ2) is 13.8. The Morgan fingerprint density at radius 3 is 2.28 bits per heavy atom. The Morgan fingerprint density at radius 2 is 1.65 bits per heavy atom. The zero-order valence-electron chi connectivity index (χ0n) is 23.8. The van der Waals surface area contributed by atoms with E-state index in [-0.39, 0.29) is 47.0 Å². The van der Waals surface area contributed by atoms with E-state index in [0.29, 0.717) is 22.9 Å². The van der Waals surface area contributed by atoms with Crippen molar-refractivity contribution < 1.29 is 31.9 Å². The van der Waals surface area contributed by atoms with E-state index in [4.69, 9.17) is 32.7 Å². The highest BCUT2D eigenvalue weighted by molar-refractivity contribution is 7.92. The largest absolute Gasteiger partial charge is 0.486 e. The van der Waals surface area contributed by atoms with Crippen molar-refractivity contribution in [1.29, 1.82) is 0 Å². The van der Waals surface area contributed by atoms with Crippen molar-refractivity contribution in [3.63, 3.8) is 0 Å². The number of anilines is 1. The maximum atomic E-state index is 14.1. The van der Waals surface area contributed by atoms with Gasteiger partial charge in [-0.15, -0.1) is 0 Å². The van der Waals surface area contributed by atoms with E-state index in [0.717, 1.165) is 16.4 Å². The van der Waals surface area contributed by atoms with Gasteiger partial charge in [0, 0.05) is 28.7 Å². The lowest BCUT2D eigenvalue weighted by Crippen LogP contribution is -2.53. The molecule has 1 atom stereocenters. The second-order valence-electron chi connectivity index (χ2n) is 10.1. The quantitative estimate of drug-likeness (QED) is 0.296. The number of hydrogen-bond acceptors (Lipinski definition) is 6. The van der Waals surface area contributed by atoms with Crippen LogP contribution in [0.4, 0.5) is 10.1 Å². The molecule has 2 amide bonds. The van der Waals surface area contributed by atoms with Crippen LogP contribution in [-0.4, -0.2) is 57.0 Å². The molecule has 230 valence electrons. The summed E-state index contributed by atoms with van der Waals surface area (Å²) in [4.78, 5) is 28.5. The van der Waals surface area contributed by atoms with Crippen LogP contribution in [0.1, 0.15) is 32.8 Å². The molecule has 1 N–H and O–H groups in total. The lowest BCUT2D eigenvalue weighted by molar-refractivity contribution is -0.140. The molecule has 0 aromatic heterocycles. The molecule has 1 aliphatic rings. The predicted molar refractivity (Wildman–Crippen MR) is 163 cm³/mol. The van der Waals surface area contributed by atoms with Gasteiger partial charge in [0.15, 0.2) is 11.5 Å². The van der Waals surface area contributed by atoms with Gasteiger partial charge in [-0.25, -0.2) is 12.8 Å². The number of hydrogen-bond donors (Lipinski definition) is 1. The van der Waals surface area contributed by atoms with Gasteiger partial charge in [0.25, 0.3) is 10.0 Å². The minimum Gasteiger partial charge on any atom is -0.486 e. The lowest BCUT2D eigenvalue weighted by Gasteiger charge is -2.33. The summed E-state index contributed by atoms with van der Waals surface area (Å²) in [6.07, 6.45) is 0.237. The van der Waals surface area contributed by atoms with Crippen molar-refractivity contribution >= 4 is 50.7 Å². The number of fused-ring (bicyclic) bond motifs is 1. The topological polar surface area (TPSA) is 105 Å². The smallest absolute Gasteiger partial charge is 0.264 e. The molecule has 0 saturated carbocycles. The molecular weight excluding hydrogens is 620 g/mol. The Bertz CT molecular complexity index is 1590. The Labute approximate surface area is 260 Å². The van der Waals surface area contributed by atoms with Crippen LogP contribution in [0, 0.1) is 5.82 Å². The van der Waals surface area contributed by atoms with Crippen LogP contribution in [0.5, 0.6) is 11.5 Å². The predicted octanol–water partition coefficient (Wildman–Crippen LogP) is 5.43. The van der Waals surface area contributed by atoms with Gasteiger partial charge < -0.3 is 19.7 Å². The van der Waals surface area contributed by atoms with Gasteiger partial charge in [-0.2, -0.15) is 0 Å². The Kier molecular flexibility index (Phi) is 10.4. The molecule has 13 heteroatoms. The molecule has 0 unspecified atom stereocenters. The van der Waals surface area contributed by atoms with E-state index < -0.39 is 40.2 Å². The summed E-state index contributed by atoms with van der Waals surface area (Å²) in [6, 6.07) is 12.5. The van der Waals surface area contributed by atoms with Crippen LogP contribution in [0.25, 0.3) is 0 Å². The Morgan fingerprint density at radius 1 is 0.977 bits per heavy atom. The summed E-state index contributed by atoms with van der Waals surface area (Å²) >= 11 is 12.5. The number of amides is 2. The second-order valence-corrected chi connectivity index (χ2v) is 12.8. The van der Waals surface area contributed by atoms with E-state index in [2.05, 4.69) is 5.32 Å². The monoisotopic (exact) mass is 651 g/mol. The summed E-state index contributed by atoms with van der Waals surface area (Å²) in [6.45, 7) is 5.12. The fourth-order valence-electron chi connectivity index (χ4n) is 4.58. The van der Waals surface area contributed by atoms with Crippen LogP contribution in [0.15, 0.2) is 65.6 Å². The summed E-state index contributed by atoms with van der Waals surface area (Å²) in [7, 11) is -4.40. The maximum absolute atomic E-state index is 14.1. The molecule has 0 aliphatic carbocycles. The van der Waals surface area contributed by atoms with Crippen molar-refractivity contribution in [2.45, 2.75) is 50.7 Å². The first kappa shape index (κ1) is 32.4. The van der Waals surface area contributed by atoms with Crippen LogP contribution < -0.4 is 19.1 Å². The van der Waals surface area contributed by atoms with Crippen LogP contribution in [-0.2, 0) is 26.2 Å². The number of nitrogens with one attached hydrogen (secondary N) is 1. The van der Waals surface area contributed by atoms with Crippen LogP contribution >= 0.6 is 23.2 Å². The minimum atomic E-state index is -4.40. The molecular formula is C30H32Cl2FN3O6S. The number of carbonyl (C=O) groups excluding carboxylic acids is 2. The molecule has 0 radical (unpaired) electrons. The Balaban J connectivity index is 1.76. The summed E-state index contributed by atoms with van der Waals surface area (Å²) in [5.74, 6) is -1.03. The number of carbonyl (C=O) groups is 2. The van der Waals surface area contributed by atoms with Crippen molar-refractivity contribution in [3.8, 4) is 11.5 Å². The third-order valence-corrected chi connectivity index (χ3v) is 9.02. The molecule has 0 fully saturated rings. The fourth-order valence-corrected chi connectivity index (χ4v) is 6.48. The Hall–Kier alpha value is -3.54. The van der Waals surface area contributed by atoms with E-state index in [1.54, 1.807) is 32.9 Å². The first-order valence-electron chi connectivity index (χ1n) is 13.6. The minimum absolute atomic E-state index is 0.0498. The van der Waals surface area contributed by atoms with E-state index in [1.165, 1.54) is 41.3 Å². The number of rotatable bonds is 11. The van der Waals surface area contributed by atoms with Gasteiger partial charge in [0.2, 0.25) is 11.8 Å². The highest BCUT2D eigenvalue weighted by atomic mass is 35.5. The molecule has 9 nitrogen and oxygen atoms in total. The zero-order chi connectivity index (χ0) is 31.3. The number of ether oxygens (including phenoxy) is 2. The SMILES string of the molecule is CC[C@@H](C(=O)NC(C)C)N(Cc1ccc(Cl)cc1Cl)C(=O)CN(c1ccc(F)cc1)S(=O)(=O)c1ccc2c(c1)OCCO2. The molecule has 0 saturated heterocycles. The van der Waals surface area contributed by atoms with Gasteiger partial charge in [-0.3, -0.25) is 13.9 Å². The summed E-state index contributed by atoms with van der Waals surface area (Å²) in [5.41, 5.74) is 0.562. The maximum Gasteiger partial charge on any atom is 0.264 e. The van der Waals surface area contributed by atoms with Gasteiger partial charge in [-0.05, 0) is 74.4 Å². The van der Waals surface area contributed by atoms with Gasteiger partial charge >= 0.3 is 0 Å². The average molecular weight is 653 g/mol. The molecule has 4 rings (SSSR count). The highest BCUT2D eigenvalue weighted by Gasteiger charge is 2.34. The van der Waals surface area contributed by atoms with Crippen molar-refractivity contribution in [2.24, 2.45) is 0 Å². The standard InChI is InChI=1S/C30H32Cl2FN3O6S/c1-4-26(30(38)34-19(2)3)35(17-20-5-6-21(31)15-25(20)32)29(37)18-36(23-9-7-22(33)8-10-23)43(39,40)24-11-12-27-28(16-24)42-14-13-41-27/h5-12,15-16,19,26H,4,13-14,17-18H2,1-3H3,(H,34,38)/t26-/m0/s1. The van der Waals surface area contributed by atoms with Crippen LogP contribution in [0.2, 0.25) is 10.0 Å². The van der Waals surface area contributed by atoms with Crippen molar-refractivity contribution in [2.75, 3.05) is 24.1 Å². The van der Waals surface area contributed by atoms with Crippen molar-refractivity contribution in [1.82, 2.24) is 10.2 Å². The molecule has 43 heavy (non-hydrogen) atoms. The normalized spacial score (nSPS) is 13.4. The molecule has 1 aliphatic heterocycles. The zero-order valence-corrected chi connectivity index (χ0v) is 26.2. The van der Waals surface area contributed by atoms with Crippen LogP contribution in [0.3, 0.4) is 0 Å². The van der Waals surface area contributed by atoms with Crippen molar-refractivity contribution in [3.05, 3.63) is 82.1 Å². The molecule has 0 spiro atoms. The first-order valence-corrected chi connectivity index (χ1v) is 15.8. The van der Waals surface area contributed by atoms with Gasteiger partial charge in [0.1, 0.15) is 31.6 Å². The number of halogens is 3. The third-order valence-electron chi connectivity index (χ3n) is 6.67. The number of benzene rings is 3. The molecule has 1 heterocycles. The number of nitrogens with zero attached hydrogens (tertiary/aromatic N) is 2. The third kappa shape index (κ3) is 7.70. The summed E-state index contributed by atoms with van der Waals surface area (Å²) in [5, 5.41) is 3.50. The molecule has 0 bridgehead atoms. The lowest BCUT2D eigenvalue weighted by atomic mass is 10.1. The van der Waals surface area contributed by atoms with Gasteiger partial charge in [0.05, 0.1) is 10.6 Å². The summed E-state index contributed by atoms with van der Waals surface area (Å²) < 4.78 is 54.0. The number of sulfonamides is 1. The molecule has 3 aromatic carbocycles. The van der Waals surface area contributed by atoms with E-state index in [9.17, 15) is 22.4 Å². The fraction of sp³-hybridized carbons (Fsp3) is 0.333. The van der Waals surface area contributed by atoms with E-state index >= 15 is 0 Å². The van der Waals surface area contributed by atoms with Gasteiger partial charge in [-0.1, -0.05) is 36.2 Å². The van der Waals surface area contributed by atoms with E-state index in [1.807, 2.05) is 0 Å². The highest BCUT2D eigenvalue weighted by Crippen LogP contribution is 2.34. The first-order chi connectivity index (χ1) is 20.4. The molecule has 3 aromatic rings.